The van der Waals surface area contributed by atoms with Crippen LogP contribution in [0.4, 0.5) is 5.69 Å². The number of aryl methyl sites for hydroxylation is 1. The Morgan fingerprint density at radius 3 is 2.60 bits per heavy atom. The van der Waals surface area contributed by atoms with Crippen LogP contribution in [0.25, 0.3) is 0 Å². The molecule has 0 unspecified atom stereocenters. The Morgan fingerprint density at radius 1 is 1.30 bits per heavy atom. The number of primary sulfonamides is 1. The first-order valence-electron chi connectivity index (χ1n) is 5.44. The molecular formula is C11H12N4O3S2. The van der Waals surface area contributed by atoms with E-state index < -0.39 is 10.0 Å². The average Bonchev–Trinajstić information content (AvgIpc) is 2.29. The van der Waals surface area contributed by atoms with E-state index in [0.717, 1.165) is 11.8 Å². The zero-order valence-corrected chi connectivity index (χ0v) is 12.1. The second-order valence-electron chi connectivity index (χ2n) is 4.04. The summed E-state index contributed by atoms with van der Waals surface area (Å²) in [5.74, 6) is 0. The fourth-order valence-electron chi connectivity index (χ4n) is 1.48. The second kappa shape index (κ2) is 5.27. The van der Waals surface area contributed by atoms with Gasteiger partial charge in [0.15, 0.2) is 5.16 Å². The van der Waals surface area contributed by atoms with Crippen LogP contribution in [0.2, 0.25) is 0 Å². The minimum atomic E-state index is -3.81. The normalized spacial score (nSPS) is 11.5. The zero-order valence-electron chi connectivity index (χ0n) is 10.5. The Bertz CT molecular complexity index is 815. The molecule has 7 nitrogen and oxygen atoms in total. The number of hydrogen-bond donors (Lipinski definition) is 3. The van der Waals surface area contributed by atoms with Crippen LogP contribution in [-0.4, -0.2) is 18.4 Å². The number of nitrogen functional groups attached to an aromatic ring is 1. The van der Waals surface area contributed by atoms with Crippen molar-refractivity contribution >= 4 is 27.5 Å². The highest BCUT2D eigenvalue weighted by molar-refractivity contribution is 7.99. The van der Waals surface area contributed by atoms with Crippen LogP contribution in [0.1, 0.15) is 5.69 Å². The van der Waals surface area contributed by atoms with E-state index in [-0.39, 0.29) is 10.5 Å². The van der Waals surface area contributed by atoms with Gasteiger partial charge in [-0.05, 0) is 36.9 Å². The molecule has 0 spiro atoms. The predicted molar refractivity (Wildman–Crippen MR) is 75.9 cm³/mol. The molecule has 1 aromatic heterocycles. The molecule has 0 saturated carbocycles. The molecule has 9 heteroatoms. The van der Waals surface area contributed by atoms with Gasteiger partial charge in [0.1, 0.15) is 0 Å². The molecule has 2 aromatic rings. The van der Waals surface area contributed by atoms with Gasteiger partial charge >= 0.3 is 0 Å². The quantitative estimate of drug-likeness (QED) is 0.557. The largest absolute Gasteiger partial charge is 0.398 e. The third-order valence-electron chi connectivity index (χ3n) is 2.37. The summed E-state index contributed by atoms with van der Waals surface area (Å²) >= 11 is 1.06. The maximum Gasteiger partial charge on any atom is 0.251 e. The molecule has 0 bridgehead atoms. The SMILES string of the molecule is Cc1cc(=O)[nH]c(Sc2cc(S(N)(=O)=O)ccc2N)n1. The minimum absolute atomic E-state index is 0.0517. The lowest BCUT2D eigenvalue weighted by atomic mass is 10.3. The van der Waals surface area contributed by atoms with Crippen LogP contribution >= 0.6 is 11.8 Å². The van der Waals surface area contributed by atoms with E-state index in [1.807, 2.05) is 0 Å². The number of aromatic amines is 1. The molecule has 20 heavy (non-hydrogen) atoms. The molecule has 106 valence electrons. The summed E-state index contributed by atoms with van der Waals surface area (Å²) in [7, 11) is -3.81. The van der Waals surface area contributed by atoms with Crippen LogP contribution < -0.4 is 16.4 Å². The number of nitrogens with zero attached hydrogens (tertiary/aromatic N) is 1. The highest BCUT2D eigenvalue weighted by Gasteiger charge is 2.12. The highest BCUT2D eigenvalue weighted by atomic mass is 32.2. The molecule has 1 heterocycles. The van der Waals surface area contributed by atoms with Crippen LogP contribution in [0.3, 0.4) is 0 Å². The van der Waals surface area contributed by atoms with Gasteiger partial charge in [0.25, 0.3) is 5.56 Å². The van der Waals surface area contributed by atoms with E-state index in [9.17, 15) is 13.2 Å². The first-order valence-corrected chi connectivity index (χ1v) is 7.80. The summed E-state index contributed by atoms with van der Waals surface area (Å²) in [6, 6.07) is 5.46. The molecule has 0 radical (unpaired) electrons. The summed E-state index contributed by atoms with van der Waals surface area (Å²) < 4.78 is 22.6. The molecule has 0 saturated heterocycles. The number of H-pyrrole nitrogens is 1. The van der Waals surface area contributed by atoms with Crippen molar-refractivity contribution in [3.05, 3.63) is 40.3 Å². The predicted octanol–water partition coefficient (Wildman–Crippen LogP) is 0.459. The van der Waals surface area contributed by atoms with Crippen molar-refractivity contribution in [1.29, 1.82) is 0 Å². The van der Waals surface area contributed by atoms with Gasteiger partial charge < -0.3 is 10.7 Å². The van der Waals surface area contributed by atoms with E-state index in [1.54, 1.807) is 6.92 Å². The smallest absolute Gasteiger partial charge is 0.251 e. The highest BCUT2D eigenvalue weighted by Crippen LogP contribution is 2.31. The number of anilines is 1. The summed E-state index contributed by atoms with van der Waals surface area (Å²) in [5.41, 5.74) is 6.41. The van der Waals surface area contributed by atoms with Gasteiger partial charge in [-0.15, -0.1) is 0 Å². The molecule has 0 amide bonds. The molecule has 0 aliphatic rings. The molecule has 0 fully saturated rings. The van der Waals surface area contributed by atoms with Gasteiger partial charge in [-0.2, -0.15) is 0 Å². The Balaban J connectivity index is 2.45. The number of nitrogens with one attached hydrogen (secondary N) is 1. The minimum Gasteiger partial charge on any atom is -0.398 e. The van der Waals surface area contributed by atoms with Crippen molar-refractivity contribution in [1.82, 2.24) is 9.97 Å². The van der Waals surface area contributed by atoms with Crippen LogP contribution in [-0.2, 0) is 10.0 Å². The van der Waals surface area contributed by atoms with Crippen molar-refractivity contribution in [3.8, 4) is 0 Å². The molecule has 0 aliphatic heterocycles. The third kappa shape index (κ3) is 3.38. The Kier molecular flexibility index (Phi) is 3.84. The van der Waals surface area contributed by atoms with Gasteiger partial charge in [0.2, 0.25) is 10.0 Å². The van der Waals surface area contributed by atoms with Gasteiger partial charge in [0, 0.05) is 22.3 Å². The lowest BCUT2D eigenvalue weighted by Crippen LogP contribution is -2.12. The maximum atomic E-state index is 11.4. The molecule has 5 N–H and O–H groups in total. The standard InChI is InChI=1S/C11H12N4O3S2/c1-6-4-10(16)15-11(14-6)19-9-5-7(20(13,17)18)2-3-8(9)12/h2-5H,12H2,1H3,(H2,13,17,18)(H,14,15,16). The maximum absolute atomic E-state index is 11.4. The van der Waals surface area contributed by atoms with Gasteiger partial charge in [-0.3, -0.25) is 4.79 Å². The second-order valence-corrected chi connectivity index (χ2v) is 6.63. The van der Waals surface area contributed by atoms with E-state index in [2.05, 4.69) is 9.97 Å². The van der Waals surface area contributed by atoms with Crippen molar-refractivity contribution < 1.29 is 8.42 Å². The summed E-state index contributed by atoms with van der Waals surface area (Å²) in [4.78, 5) is 18.4. The Hall–Kier alpha value is -1.84. The molecule has 0 atom stereocenters. The lowest BCUT2D eigenvalue weighted by molar-refractivity contribution is 0.597. The summed E-state index contributed by atoms with van der Waals surface area (Å²) in [6.07, 6.45) is 0. The molecule has 2 rings (SSSR count). The topological polar surface area (TPSA) is 132 Å². The van der Waals surface area contributed by atoms with Crippen LogP contribution in [0.15, 0.2) is 44.0 Å². The molecular weight excluding hydrogens is 300 g/mol. The first-order chi connectivity index (χ1) is 9.25. The molecule has 0 aliphatic carbocycles. The number of benzene rings is 1. The fourth-order valence-corrected chi connectivity index (χ4v) is 3.02. The van der Waals surface area contributed by atoms with Crippen molar-refractivity contribution in [2.45, 2.75) is 21.9 Å². The van der Waals surface area contributed by atoms with Crippen molar-refractivity contribution in [2.75, 3.05) is 5.73 Å². The monoisotopic (exact) mass is 312 g/mol. The van der Waals surface area contributed by atoms with Gasteiger partial charge in [-0.1, -0.05) is 0 Å². The van der Waals surface area contributed by atoms with Crippen molar-refractivity contribution in [3.63, 3.8) is 0 Å². The van der Waals surface area contributed by atoms with Crippen molar-refractivity contribution in [2.24, 2.45) is 5.14 Å². The van der Waals surface area contributed by atoms with E-state index in [1.165, 1.54) is 24.3 Å². The Labute approximate surface area is 119 Å². The average molecular weight is 312 g/mol. The van der Waals surface area contributed by atoms with E-state index >= 15 is 0 Å². The summed E-state index contributed by atoms with van der Waals surface area (Å²) in [5, 5.41) is 5.39. The van der Waals surface area contributed by atoms with Crippen LogP contribution in [0, 0.1) is 6.92 Å². The molecule has 1 aromatic carbocycles. The number of sulfonamides is 1. The van der Waals surface area contributed by atoms with E-state index in [0.29, 0.717) is 21.4 Å². The number of nitrogens with two attached hydrogens (primary N) is 2. The Morgan fingerprint density at radius 2 is 2.00 bits per heavy atom. The number of hydrogen-bond acceptors (Lipinski definition) is 6. The third-order valence-corrected chi connectivity index (χ3v) is 4.24. The first kappa shape index (κ1) is 14.6. The zero-order chi connectivity index (χ0) is 14.9. The number of aromatic nitrogens is 2. The fraction of sp³-hybridized carbons (Fsp3) is 0.0909. The number of rotatable bonds is 3. The van der Waals surface area contributed by atoms with Gasteiger partial charge in [0.05, 0.1) is 4.90 Å². The van der Waals surface area contributed by atoms with E-state index in [4.69, 9.17) is 10.9 Å². The van der Waals surface area contributed by atoms with Gasteiger partial charge in [-0.25, -0.2) is 18.5 Å². The van der Waals surface area contributed by atoms with Crippen LogP contribution in [0.5, 0.6) is 0 Å². The summed E-state index contributed by atoms with van der Waals surface area (Å²) in [6.45, 7) is 1.68. The lowest BCUT2D eigenvalue weighted by Gasteiger charge is -2.07.